The number of nitrogens with zero attached hydrogens (tertiary/aromatic N) is 2. The van der Waals surface area contributed by atoms with Gasteiger partial charge < -0.3 is 9.57 Å². The van der Waals surface area contributed by atoms with Crippen LogP contribution in [0, 0.1) is 6.92 Å². The molecule has 1 atom stereocenters. The van der Waals surface area contributed by atoms with E-state index in [4.69, 9.17) is 9.57 Å². The average Bonchev–Trinajstić information content (AvgIpc) is 3.15. The van der Waals surface area contributed by atoms with Crippen LogP contribution in [0.3, 0.4) is 0 Å². The van der Waals surface area contributed by atoms with Crippen LogP contribution in [0.1, 0.15) is 24.5 Å². The summed E-state index contributed by atoms with van der Waals surface area (Å²) in [6.07, 6.45) is 0.284. The number of hydrogen-bond acceptors (Lipinski definition) is 5. The first kappa shape index (κ1) is 19.4. The summed E-state index contributed by atoms with van der Waals surface area (Å²) >= 11 is 0. The Morgan fingerprint density at radius 1 is 1.15 bits per heavy atom. The second-order valence-electron chi connectivity index (χ2n) is 6.47. The van der Waals surface area contributed by atoms with E-state index in [1.54, 1.807) is 31.4 Å². The van der Waals surface area contributed by atoms with Crippen molar-refractivity contribution in [2.45, 2.75) is 31.3 Å². The first-order valence-corrected chi connectivity index (χ1v) is 10.3. The van der Waals surface area contributed by atoms with Gasteiger partial charge >= 0.3 is 0 Å². The lowest BCUT2D eigenvalue weighted by atomic mass is 10.0. The van der Waals surface area contributed by atoms with E-state index in [0.29, 0.717) is 18.7 Å². The monoisotopic (exact) mass is 388 g/mol. The maximum Gasteiger partial charge on any atom is 0.243 e. The van der Waals surface area contributed by atoms with Gasteiger partial charge in [0.2, 0.25) is 10.0 Å². The Morgan fingerprint density at radius 2 is 1.81 bits per heavy atom. The van der Waals surface area contributed by atoms with Crippen LogP contribution in [0.15, 0.2) is 58.6 Å². The second-order valence-corrected chi connectivity index (χ2v) is 8.40. The van der Waals surface area contributed by atoms with Crippen molar-refractivity contribution in [2.75, 3.05) is 20.2 Å². The lowest BCUT2D eigenvalue weighted by molar-refractivity contribution is 0.0712. The summed E-state index contributed by atoms with van der Waals surface area (Å²) in [6, 6.07) is 14.5. The number of sulfonamides is 1. The van der Waals surface area contributed by atoms with Gasteiger partial charge in [-0.05, 0) is 36.8 Å². The lowest BCUT2D eigenvalue weighted by Gasteiger charge is -2.22. The molecule has 0 N–H and O–H groups in total. The molecule has 0 aromatic heterocycles. The molecule has 1 aliphatic heterocycles. The molecule has 3 rings (SSSR count). The van der Waals surface area contributed by atoms with Crippen LogP contribution in [0.4, 0.5) is 0 Å². The Bertz CT molecular complexity index is 906. The number of benzene rings is 2. The minimum Gasteiger partial charge on any atom is -0.497 e. The Balaban J connectivity index is 1.69. The molecule has 27 heavy (non-hydrogen) atoms. The molecular formula is C20H24N2O4S. The minimum absolute atomic E-state index is 0.239. The highest BCUT2D eigenvalue weighted by molar-refractivity contribution is 7.89. The summed E-state index contributed by atoms with van der Waals surface area (Å²) in [5, 5.41) is 4.16. The van der Waals surface area contributed by atoms with Gasteiger partial charge in [-0.1, -0.05) is 41.9 Å². The molecule has 0 bridgehead atoms. The van der Waals surface area contributed by atoms with E-state index < -0.39 is 10.0 Å². The van der Waals surface area contributed by atoms with Crippen molar-refractivity contribution in [1.29, 1.82) is 0 Å². The average molecular weight is 388 g/mol. The summed E-state index contributed by atoms with van der Waals surface area (Å²) in [6.45, 7) is 4.46. The van der Waals surface area contributed by atoms with Gasteiger partial charge in [0, 0.05) is 13.0 Å². The number of methoxy groups -OCH3 is 1. The van der Waals surface area contributed by atoms with Crippen LogP contribution < -0.4 is 4.74 Å². The first-order chi connectivity index (χ1) is 12.9. The zero-order valence-electron chi connectivity index (χ0n) is 15.8. The van der Waals surface area contributed by atoms with Gasteiger partial charge in [-0.3, -0.25) is 0 Å². The SMILES string of the molecule is CCN(CC1CC(c2ccc(C)cc2)=NO1)S(=O)(=O)c1ccc(OC)cc1. The van der Waals surface area contributed by atoms with Crippen LogP contribution in [0.5, 0.6) is 5.75 Å². The molecule has 0 saturated heterocycles. The number of rotatable bonds is 7. The van der Waals surface area contributed by atoms with E-state index in [2.05, 4.69) is 5.16 Å². The Labute approximate surface area is 160 Å². The van der Waals surface area contributed by atoms with E-state index >= 15 is 0 Å². The maximum atomic E-state index is 12.9. The third-order valence-electron chi connectivity index (χ3n) is 4.57. The molecule has 1 heterocycles. The summed E-state index contributed by atoms with van der Waals surface area (Å²) < 4.78 is 32.4. The van der Waals surface area contributed by atoms with Crippen LogP contribution in [-0.4, -0.2) is 44.7 Å². The van der Waals surface area contributed by atoms with E-state index in [1.807, 2.05) is 38.1 Å². The molecule has 1 aliphatic rings. The summed E-state index contributed by atoms with van der Waals surface area (Å²) in [7, 11) is -2.06. The van der Waals surface area contributed by atoms with Crippen molar-refractivity contribution in [3.63, 3.8) is 0 Å². The van der Waals surface area contributed by atoms with Crippen molar-refractivity contribution in [3.8, 4) is 5.75 Å². The van der Waals surface area contributed by atoms with E-state index in [0.717, 1.165) is 11.3 Å². The Morgan fingerprint density at radius 3 is 2.41 bits per heavy atom. The van der Waals surface area contributed by atoms with Crippen LogP contribution in [0.25, 0.3) is 0 Å². The molecule has 2 aromatic rings. The highest BCUT2D eigenvalue weighted by Gasteiger charge is 2.30. The maximum absolute atomic E-state index is 12.9. The molecule has 0 spiro atoms. The van der Waals surface area contributed by atoms with Gasteiger partial charge in [-0.15, -0.1) is 0 Å². The molecule has 144 valence electrons. The van der Waals surface area contributed by atoms with Gasteiger partial charge in [0.25, 0.3) is 0 Å². The molecule has 0 radical (unpaired) electrons. The fourth-order valence-corrected chi connectivity index (χ4v) is 4.44. The lowest BCUT2D eigenvalue weighted by Crippen LogP contribution is -2.37. The third-order valence-corrected chi connectivity index (χ3v) is 6.53. The van der Waals surface area contributed by atoms with Crippen LogP contribution >= 0.6 is 0 Å². The molecule has 0 saturated carbocycles. The van der Waals surface area contributed by atoms with Gasteiger partial charge in [-0.25, -0.2) is 8.42 Å². The van der Waals surface area contributed by atoms with Gasteiger partial charge in [0.05, 0.1) is 24.3 Å². The summed E-state index contributed by atoms with van der Waals surface area (Å²) in [5.41, 5.74) is 3.03. The van der Waals surface area contributed by atoms with Gasteiger partial charge in [0.1, 0.15) is 11.9 Å². The van der Waals surface area contributed by atoms with E-state index in [-0.39, 0.29) is 17.5 Å². The number of aryl methyl sites for hydroxylation is 1. The Hall–Kier alpha value is -2.38. The third kappa shape index (κ3) is 4.31. The molecule has 6 nitrogen and oxygen atoms in total. The number of hydrogen-bond donors (Lipinski definition) is 0. The van der Waals surface area contributed by atoms with Crippen molar-refractivity contribution in [3.05, 3.63) is 59.7 Å². The minimum atomic E-state index is -3.60. The highest BCUT2D eigenvalue weighted by atomic mass is 32.2. The molecule has 7 heteroatoms. The predicted octanol–water partition coefficient (Wildman–Crippen LogP) is 3.21. The van der Waals surface area contributed by atoms with Crippen LogP contribution in [0.2, 0.25) is 0 Å². The first-order valence-electron chi connectivity index (χ1n) is 8.88. The predicted molar refractivity (Wildman–Crippen MR) is 105 cm³/mol. The molecular weight excluding hydrogens is 364 g/mol. The molecule has 1 unspecified atom stereocenters. The van der Waals surface area contributed by atoms with Gasteiger partial charge in [-0.2, -0.15) is 4.31 Å². The zero-order valence-corrected chi connectivity index (χ0v) is 16.6. The van der Waals surface area contributed by atoms with Crippen molar-refractivity contribution in [2.24, 2.45) is 5.16 Å². The largest absolute Gasteiger partial charge is 0.497 e. The highest BCUT2D eigenvalue weighted by Crippen LogP contribution is 2.23. The normalized spacial score (nSPS) is 16.9. The van der Waals surface area contributed by atoms with E-state index in [1.165, 1.54) is 9.87 Å². The summed E-state index contributed by atoms with van der Waals surface area (Å²) in [5.74, 6) is 0.618. The fraction of sp³-hybridized carbons (Fsp3) is 0.350. The van der Waals surface area contributed by atoms with E-state index in [9.17, 15) is 8.42 Å². The number of ether oxygens (including phenoxy) is 1. The number of likely N-dealkylation sites (N-methyl/N-ethyl adjacent to an activating group) is 1. The van der Waals surface area contributed by atoms with Gasteiger partial charge in [0.15, 0.2) is 0 Å². The Kier molecular flexibility index (Phi) is 5.82. The molecule has 0 amide bonds. The summed E-state index contributed by atoms with van der Waals surface area (Å²) in [4.78, 5) is 5.75. The molecule has 2 aromatic carbocycles. The quantitative estimate of drug-likeness (QED) is 0.730. The van der Waals surface area contributed by atoms with Crippen molar-refractivity contribution >= 4 is 15.7 Å². The second kappa shape index (κ2) is 8.10. The van der Waals surface area contributed by atoms with Crippen LogP contribution in [-0.2, 0) is 14.9 Å². The molecule has 0 fully saturated rings. The molecule has 0 aliphatic carbocycles. The number of oxime groups is 1. The topological polar surface area (TPSA) is 68.2 Å². The standard InChI is InChI=1S/C20H24N2O4S/c1-4-22(27(23,24)19-11-9-17(25-3)10-12-19)14-18-13-20(21-26-18)16-7-5-15(2)6-8-16/h5-12,18H,4,13-14H2,1-3H3. The smallest absolute Gasteiger partial charge is 0.243 e. The zero-order chi connectivity index (χ0) is 19.4. The fourth-order valence-electron chi connectivity index (χ4n) is 2.96. The van der Waals surface area contributed by atoms with Crippen molar-refractivity contribution < 1.29 is 18.0 Å². The van der Waals surface area contributed by atoms with Crippen molar-refractivity contribution in [1.82, 2.24) is 4.31 Å².